The number of halogens is 1. The summed E-state index contributed by atoms with van der Waals surface area (Å²) in [7, 11) is 0. The minimum atomic E-state index is -0.591. The number of para-hydroxylation sites is 1. The van der Waals surface area contributed by atoms with Crippen LogP contribution >= 0.6 is 0 Å². The Morgan fingerprint density at radius 2 is 1.68 bits per heavy atom. The first-order valence-corrected chi connectivity index (χ1v) is 11.2. The molecule has 7 nitrogen and oxygen atoms in total. The van der Waals surface area contributed by atoms with Crippen LogP contribution in [0, 0.1) is 12.7 Å². The maximum atomic E-state index is 13.7. The zero-order valence-corrected chi connectivity index (χ0v) is 18.7. The number of hydrogen-bond acceptors (Lipinski definition) is 4. The number of aromatic nitrogens is 3. The van der Waals surface area contributed by atoms with E-state index < -0.39 is 17.1 Å². The summed E-state index contributed by atoms with van der Waals surface area (Å²) in [5.41, 5.74) is 0.883. The van der Waals surface area contributed by atoms with Gasteiger partial charge in [-0.1, -0.05) is 30.3 Å². The van der Waals surface area contributed by atoms with Crippen LogP contribution in [0.2, 0.25) is 0 Å². The predicted molar refractivity (Wildman–Crippen MR) is 127 cm³/mol. The van der Waals surface area contributed by atoms with E-state index in [1.807, 2.05) is 6.07 Å². The van der Waals surface area contributed by atoms with E-state index in [4.69, 9.17) is 0 Å². The smallest absolute Gasteiger partial charge is 0.337 e. The van der Waals surface area contributed by atoms with Crippen LogP contribution in [0.15, 0.2) is 70.3 Å². The monoisotopic (exact) mass is 458 g/mol. The third-order valence-corrected chi connectivity index (χ3v) is 6.11. The van der Waals surface area contributed by atoms with Gasteiger partial charge < -0.3 is 4.90 Å². The van der Waals surface area contributed by atoms with Gasteiger partial charge in [-0.05, 0) is 55.7 Å². The fraction of sp³-hybridized carbons (Fsp3) is 0.231. The summed E-state index contributed by atoms with van der Waals surface area (Å²) in [6.45, 7) is 2.93. The van der Waals surface area contributed by atoms with E-state index in [-0.39, 0.29) is 29.0 Å². The quantitative estimate of drug-likeness (QED) is 0.470. The molecule has 0 radical (unpaired) electrons. The molecule has 1 amide bonds. The van der Waals surface area contributed by atoms with Crippen molar-refractivity contribution >= 4 is 16.9 Å². The summed E-state index contributed by atoms with van der Waals surface area (Å²) in [4.78, 5) is 47.1. The highest BCUT2D eigenvalue weighted by molar-refractivity contribution is 6.05. The van der Waals surface area contributed by atoms with E-state index in [0.717, 1.165) is 17.4 Å². The summed E-state index contributed by atoms with van der Waals surface area (Å²) >= 11 is 0. The average Bonchev–Trinajstić information content (AvgIpc) is 3.38. The number of hydrogen-bond donors (Lipinski definition) is 0. The number of aryl methyl sites for hydroxylation is 1. The van der Waals surface area contributed by atoms with Crippen LogP contribution in [-0.2, 0) is 6.54 Å². The van der Waals surface area contributed by atoms with Gasteiger partial charge in [0.05, 0.1) is 23.2 Å². The van der Waals surface area contributed by atoms with Gasteiger partial charge >= 0.3 is 5.69 Å². The van der Waals surface area contributed by atoms with Gasteiger partial charge in [0, 0.05) is 18.8 Å². The Labute approximate surface area is 194 Å². The molecular weight excluding hydrogens is 435 g/mol. The molecule has 0 atom stereocenters. The molecule has 8 heteroatoms. The van der Waals surface area contributed by atoms with Crippen molar-refractivity contribution < 1.29 is 9.18 Å². The fourth-order valence-electron chi connectivity index (χ4n) is 4.44. The van der Waals surface area contributed by atoms with Crippen molar-refractivity contribution in [2.45, 2.75) is 26.3 Å². The third kappa shape index (κ3) is 3.81. The standard InChI is InChI=1S/C26H23FN4O3/c1-17-15-21(24(32)29-13-5-6-14-29)22-23(28-17)31(20-7-3-2-4-8-20)26(34)30(25(22)33)16-18-9-11-19(27)12-10-18/h2-4,7-12,15H,5-6,13-14,16H2,1H3. The minimum Gasteiger partial charge on any atom is -0.339 e. The van der Waals surface area contributed by atoms with Crippen molar-refractivity contribution in [2.24, 2.45) is 0 Å². The van der Waals surface area contributed by atoms with Gasteiger partial charge in [0.15, 0.2) is 5.65 Å². The highest BCUT2D eigenvalue weighted by atomic mass is 19.1. The Balaban J connectivity index is 1.83. The summed E-state index contributed by atoms with van der Waals surface area (Å²) in [6.07, 6.45) is 1.83. The molecule has 2 aromatic heterocycles. The van der Waals surface area contributed by atoms with Crippen molar-refractivity contribution in [3.8, 4) is 5.69 Å². The summed E-state index contributed by atoms with van der Waals surface area (Å²) in [5.74, 6) is -0.647. The molecule has 1 aliphatic heterocycles. The average molecular weight is 458 g/mol. The topological polar surface area (TPSA) is 77.2 Å². The summed E-state index contributed by atoms with van der Waals surface area (Å²) < 4.78 is 15.9. The second-order valence-electron chi connectivity index (χ2n) is 8.48. The lowest BCUT2D eigenvalue weighted by molar-refractivity contribution is 0.0794. The van der Waals surface area contributed by atoms with Crippen molar-refractivity contribution in [1.29, 1.82) is 0 Å². The first-order chi connectivity index (χ1) is 16.4. The molecular formula is C26H23FN4O3. The summed E-state index contributed by atoms with van der Waals surface area (Å²) in [6, 6.07) is 16.1. The third-order valence-electron chi connectivity index (χ3n) is 6.11. The Morgan fingerprint density at radius 3 is 2.35 bits per heavy atom. The molecule has 4 aromatic rings. The molecule has 2 aromatic carbocycles. The molecule has 0 spiro atoms. The van der Waals surface area contributed by atoms with Crippen LogP contribution in [0.3, 0.4) is 0 Å². The van der Waals surface area contributed by atoms with Gasteiger partial charge in [-0.15, -0.1) is 0 Å². The first kappa shape index (κ1) is 21.8. The number of benzene rings is 2. The zero-order chi connectivity index (χ0) is 23.8. The Kier molecular flexibility index (Phi) is 5.57. The highest BCUT2D eigenvalue weighted by Gasteiger charge is 2.26. The number of nitrogens with zero attached hydrogens (tertiary/aromatic N) is 4. The molecule has 0 bridgehead atoms. The van der Waals surface area contributed by atoms with E-state index in [9.17, 15) is 18.8 Å². The number of pyridine rings is 1. The van der Waals surface area contributed by atoms with E-state index in [1.165, 1.54) is 28.8 Å². The molecule has 0 saturated carbocycles. The van der Waals surface area contributed by atoms with Gasteiger partial charge in [-0.3, -0.25) is 14.2 Å². The second-order valence-corrected chi connectivity index (χ2v) is 8.48. The predicted octanol–water partition coefficient (Wildman–Crippen LogP) is 3.28. The lowest BCUT2D eigenvalue weighted by Gasteiger charge is -2.19. The van der Waals surface area contributed by atoms with Crippen LogP contribution in [0.4, 0.5) is 4.39 Å². The Bertz CT molecular complexity index is 1500. The summed E-state index contributed by atoms with van der Waals surface area (Å²) in [5, 5.41) is 0.105. The van der Waals surface area contributed by atoms with Gasteiger partial charge in [-0.25, -0.2) is 18.7 Å². The van der Waals surface area contributed by atoms with E-state index in [1.54, 1.807) is 42.2 Å². The van der Waals surface area contributed by atoms with Crippen molar-refractivity contribution in [2.75, 3.05) is 13.1 Å². The molecule has 1 fully saturated rings. The van der Waals surface area contributed by atoms with Gasteiger partial charge in [0.25, 0.3) is 11.5 Å². The lowest BCUT2D eigenvalue weighted by Crippen LogP contribution is -2.41. The van der Waals surface area contributed by atoms with Crippen LogP contribution in [-0.4, -0.2) is 38.0 Å². The Morgan fingerprint density at radius 1 is 1.00 bits per heavy atom. The van der Waals surface area contributed by atoms with Gasteiger partial charge in [0.2, 0.25) is 0 Å². The Hall–Kier alpha value is -4.07. The molecule has 0 N–H and O–H groups in total. The second kappa shape index (κ2) is 8.70. The molecule has 1 saturated heterocycles. The number of rotatable bonds is 4. The minimum absolute atomic E-state index is 0.0636. The van der Waals surface area contributed by atoms with E-state index >= 15 is 0 Å². The molecule has 5 rings (SSSR count). The highest BCUT2D eigenvalue weighted by Crippen LogP contribution is 2.21. The largest absolute Gasteiger partial charge is 0.339 e. The van der Waals surface area contributed by atoms with Crippen molar-refractivity contribution in [3.63, 3.8) is 0 Å². The zero-order valence-electron chi connectivity index (χ0n) is 18.7. The molecule has 34 heavy (non-hydrogen) atoms. The maximum absolute atomic E-state index is 13.7. The van der Waals surface area contributed by atoms with Crippen LogP contribution in [0.25, 0.3) is 16.7 Å². The molecule has 172 valence electrons. The number of likely N-dealkylation sites (tertiary alicyclic amines) is 1. The van der Waals surface area contributed by atoms with Gasteiger partial charge in [-0.2, -0.15) is 0 Å². The van der Waals surface area contributed by atoms with E-state index in [0.29, 0.717) is 30.0 Å². The fourth-order valence-corrected chi connectivity index (χ4v) is 4.44. The number of amides is 1. The maximum Gasteiger partial charge on any atom is 0.337 e. The molecule has 0 aliphatic carbocycles. The van der Waals surface area contributed by atoms with Gasteiger partial charge in [0.1, 0.15) is 5.82 Å². The number of fused-ring (bicyclic) bond motifs is 1. The normalized spacial score (nSPS) is 13.5. The molecule has 0 unspecified atom stereocenters. The van der Waals surface area contributed by atoms with Crippen LogP contribution in [0.1, 0.15) is 34.5 Å². The first-order valence-electron chi connectivity index (χ1n) is 11.2. The number of carbonyl (C=O) groups is 1. The number of carbonyl (C=O) groups excluding carboxylic acids is 1. The SMILES string of the molecule is Cc1cc(C(=O)N2CCCC2)c2c(=O)n(Cc3ccc(F)cc3)c(=O)n(-c3ccccc3)c2n1. The van der Waals surface area contributed by atoms with Crippen LogP contribution in [0.5, 0.6) is 0 Å². The van der Waals surface area contributed by atoms with E-state index in [2.05, 4.69) is 4.98 Å². The molecule has 3 heterocycles. The lowest BCUT2D eigenvalue weighted by atomic mass is 10.1. The van der Waals surface area contributed by atoms with Crippen LogP contribution < -0.4 is 11.2 Å². The van der Waals surface area contributed by atoms with Crippen molar-refractivity contribution in [3.05, 3.63) is 104 Å². The van der Waals surface area contributed by atoms with Crippen molar-refractivity contribution in [1.82, 2.24) is 19.0 Å². The molecule has 1 aliphatic rings.